The zero-order valence-corrected chi connectivity index (χ0v) is 18.3. The molecule has 15 heavy (non-hydrogen) atoms. The molecule has 0 bridgehead atoms. The van der Waals surface area contributed by atoms with Crippen LogP contribution >= 0.6 is 31.9 Å². The van der Waals surface area contributed by atoms with Gasteiger partial charge in [0.15, 0.2) is 0 Å². The summed E-state index contributed by atoms with van der Waals surface area (Å²) in [5.41, 5.74) is 6.98. The van der Waals surface area contributed by atoms with E-state index in [9.17, 15) is 0 Å². The molecule has 0 rings (SSSR count). The first-order chi connectivity index (χ1) is 6.01. The minimum atomic E-state index is -1.27. The average molecular weight is 443 g/mol. The van der Waals surface area contributed by atoms with Gasteiger partial charge in [-0.15, -0.1) is 0 Å². The van der Waals surface area contributed by atoms with Gasteiger partial charge >= 0.3 is 0 Å². The number of hydrogen-bond acceptors (Lipinski definition) is 0. The van der Waals surface area contributed by atoms with E-state index in [1.165, 1.54) is 0 Å². The second-order valence-corrected chi connectivity index (χ2v) is 16.5. The largest absolute Gasteiger partial charge is 0.365 e. The monoisotopic (exact) mass is 441 g/mol. The van der Waals surface area contributed by atoms with E-state index in [0.29, 0.717) is 0 Å². The summed E-state index contributed by atoms with van der Waals surface area (Å²) in [6, 6.07) is 0. The molecule has 0 aliphatic heterocycles. The van der Waals surface area contributed by atoms with Gasteiger partial charge in [-0.1, -0.05) is 39.3 Å². The van der Waals surface area contributed by atoms with Gasteiger partial charge in [0.25, 0.3) is 0 Å². The van der Waals surface area contributed by atoms with Crippen LogP contribution in [0.5, 0.6) is 0 Å². The maximum absolute atomic E-state index is 3.55. The predicted octanol–water partition coefficient (Wildman–Crippen LogP) is 4.90. The van der Waals surface area contributed by atoms with Crippen LogP contribution in [0.4, 0.5) is 0 Å². The summed E-state index contributed by atoms with van der Waals surface area (Å²) in [7, 11) is -2.54. The normalized spacial score (nSPS) is 14.9. The fourth-order valence-corrected chi connectivity index (χ4v) is 6.47. The Morgan fingerprint density at radius 2 is 0.933 bits per heavy atom. The summed E-state index contributed by atoms with van der Waals surface area (Å²) >= 11 is 7.10. The van der Waals surface area contributed by atoms with Gasteiger partial charge < -0.3 is 11.4 Å². The van der Waals surface area contributed by atoms with E-state index in [4.69, 9.17) is 0 Å². The smallest absolute Gasteiger partial charge is 0 e. The van der Waals surface area contributed by atoms with Gasteiger partial charge in [-0.05, 0) is 16.1 Å². The van der Waals surface area contributed by atoms with Crippen molar-refractivity contribution in [2.45, 2.75) is 39.3 Å². The topological polar surface area (TPSA) is 0 Å². The quantitative estimate of drug-likeness (QED) is 0.331. The van der Waals surface area contributed by atoms with E-state index in [1.54, 1.807) is 0 Å². The number of rotatable bonds is 3. The minimum absolute atomic E-state index is 0. The molecule has 0 saturated carbocycles. The summed E-state index contributed by atoms with van der Waals surface area (Å²) in [5.74, 6) is 0. The van der Waals surface area contributed by atoms with Gasteiger partial charge in [0.2, 0.25) is 0 Å². The van der Waals surface area contributed by atoms with Crippen molar-refractivity contribution < 1.29 is 32.7 Å². The van der Waals surface area contributed by atoms with Gasteiger partial charge in [0, 0.05) is 32.7 Å². The zero-order valence-electron chi connectivity index (χ0n) is 10.3. The summed E-state index contributed by atoms with van der Waals surface area (Å²) in [4.78, 5) is 0. The Bertz CT molecular complexity index is 232. The van der Waals surface area contributed by atoms with Crippen LogP contribution in [0.1, 0.15) is 0 Å². The number of hydrogen-bond donors (Lipinski definition) is 0. The Labute approximate surface area is 139 Å². The standard InChI is InChI=1S/C10H18Br2Si2.Y/c1-13(2,3)7-9(11)10(12)8-14(4,5)6;/h1-6H3;/q-2;. The fourth-order valence-electron chi connectivity index (χ4n) is 0.768. The van der Waals surface area contributed by atoms with E-state index in [1.807, 2.05) is 0 Å². The molecule has 85 valence electrons. The second-order valence-electron chi connectivity index (χ2n) is 5.38. The summed E-state index contributed by atoms with van der Waals surface area (Å²) in [6.07, 6.45) is 0. The second kappa shape index (κ2) is 7.42. The first kappa shape index (κ1) is 19.3. The van der Waals surface area contributed by atoms with Crippen LogP contribution in [0, 0.1) is 11.4 Å². The predicted molar refractivity (Wildman–Crippen MR) is 78.1 cm³/mol. The van der Waals surface area contributed by atoms with E-state index < -0.39 is 16.1 Å². The Morgan fingerprint density at radius 3 is 1.07 bits per heavy atom. The maximum atomic E-state index is 3.55. The van der Waals surface area contributed by atoms with Crippen LogP contribution in [0.15, 0.2) is 8.96 Å². The van der Waals surface area contributed by atoms with E-state index in [-0.39, 0.29) is 32.7 Å². The molecule has 0 amide bonds. The van der Waals surface area contributed by atoms with Crippen LogP contribution in [0.3, 0.4) is 0 Å². The average Bonchev–Trinajstić information content (AvgIpc) is 1.78. The van der Waals surface area contributed by atoms with Gasteiger partial charge in [0.1, 0.15) is 0 Å². The van der Waals surface area contributed by atoms with Crippen molar-refractivity contribution in [2.75, 3.05) is 0 Å². The third-order valence-electron chi connectivity index (χ3n) is 1.16. The van der Waals surface area contributed by atoms with E-state index >= 15 is 0 Å². The van der Waals surface area contributed by atoms with Gasteiger partial charge in [-0.25, -0.2) is 31.9 Å². The van der Waals surface area contributed by atoms with Gasteiger partial charge in [-0.2, -0.15) is 0 Å². The number of allylic oxidation sites excluding steroid dienone is 2. The van der Waals surface area contributed by atoms with Crippen molar-refractivity contribution in [2.24, 2.45) is 0 Å². The molecule has 0 unspecified atom stereocenters. The van der Waals surface area contributed by atoms with Gasteiger partial charge in [-0.3, -0.25) is 8.96 Å². The van der Waals surface area contributed by atoms with Crippen LogP contribution in [-0.2, 0) is 32.7 Å². The van der Waals surface area contributed by atoms with Crippen molar-refractivity contribution in [3.8, 4) is 0 Å². The van der Waals surface area contributed by atoms with E-state index in [0.717, 1.165) is 8.96 Å². The van der Waals surface area contributed by atoms with Crippen molar-refractivity contribution in [1.29, 1.82) is 0 Å². The first-order valence-electron chi connectivity index (χ1n) is 4.63. The summed E-state index contributed by atoms with van der Waals surface area (Å²) < 4.78 is 2.08. The Balaban J connectivity index is 0. The van der Waals surface area contributed by atoms with Crippen LogP contribution in [0.25, 0.3) is 0 Å². The van der Waals surface area contributed by atoms with Crippen molar-refractivity contribution >= 4 is 48.0 Å². The van der Waals surface area contributed by atoms with Crippen molar-refractivity contribution in [1.82, 2.24) is 0 Å². The van der Waals surface area contributed by atoms with E-state index in [2.05, 4.69) is 82.5 Å². The van der Waals surface area contributed by atoms with Crippen LogP contribution in [0.2, 0.25) is 39.3 Å². The Morgan fingerprint density at radius 1 is 0.733 bits per heavy atom. The molecule has 0 nitrogen and oxygen atoms in total. The SMILES string of the molecule is C[Si](C)(C)[C-]=C(Br)C(Br)=[C-][Si](C)(C)C.[Y]. The maximum Gasteiger partial charge on any atom is 0 e. The molecule has 0 aliphatic rings. The summed E-state index contributed by atoms with van der Waals surface area (Å²) in [6.45, 7) is 13.6. The first-order valence-corrected chi connectivity index (χ1v) is 13.2. The Hall–Kier alpha value is 1.98. The molecule has 0 N–H and O–H groups in total. The van der Waals surface area contributed by atoms with Crippen molar-refractivity contribution in [3.05, 3.63) is 20.4 Å². The van der Waals surface area contributed by atoms with Crippen molar-refractivity contribution in [3.63, 3.8) is 0 Å². The third kappa shape index (κ3) is 12.2. The molecule has 0 aromatic heterocycles. The fraction of sp³-hybridized carbons (Fsp3) is 0.600. The molecule has 0 aromatic carbocycles. The Kier molecular flexibility index (Phi) is 9.56. The third-order valence-corrected chi connectivity index (χ3v) is 5.62. The molecule has 0 atom stereocenters. The molecule has 0 saturated heterocycles. The molecule has 0 fully saturated rings. The molecule has 0 heterocycles. The molecular weight excluding hydrogens is 425 g/mol. The molecule has 0 aliphatic carbocycles. The minimum Gasteiger partial charge on any atom is -0.365 e. The molecule has 0 spiro atoms. The molecular formula is C10H18Br2Si2Y-2. The molecule has 5 heteroatoms. The molecule has 1 radical (unpaired) electrons. The van der Waals surface area contributed by atoms with Crippen LogP contribution < -0.4 is 0 Å². The molecule has 0 aromatic rings. The summed E-state index contributed by atoms with van der Waals surface area (Å²) in [5, 5.41) is 0. The number of halogens is 2. The van der Waals surface area contributed by atoms with Crippen LogP contribution in [-0.4, -0.2) is 16.1 Å². The zero-order chi connectivity index (χ0) is 11.6. The van der Waals surface area contributed by atoms with Gasteiger partial charge in [0.05, 0.1) is 0 Å².